The predicted octanol–water partition coefficient (Wildman–Crippen LogP) is 2.17. The van der Waals surface area contributed by atoms with Crippen molar-refractivity contribution in [3.05, 3.63) is 28.2 Å². The van der Waals surface area contributed by atoms with Crippen molar-refractivity contribution >= 4 is 38.9 Å². The average Bonchev–Trinajstić information content (AvgIpc) is 1.95. The van der Waals surface area contributed by atoms with E-state index in [4.69, 9.17) is 23.2 Å². The molecule has 0 unspecified atom stereocenters. The van der Waals surface area contributed by atoms with E-state index in [1.54, 1.807) is 0 Å². The van der Waals surface area contributed by atoms with Gasteiger partial charge in [-0.3, -0.25) is 4.72 Å². The Balaban J connectivity index is 3.15. The van der Waals surface area contributed by atoms with Crippen molar-refractivity contribution in [2.24, 2.45) is 0 Å². The number of anilines is 1. The number of rotatable bonds is 2. The maximum atomic E-state index is 10.9. The van der Waals surface area contributed by atoms with Crippen molar-refractivity contribution in [3.8, 4) is 0 Å². The molecule has 0 aromatic heterocycles. The third kappa shape index (κ3) is 3.06. The van der Waals surface area contributed by atoms with Crippen molar-refractivity contribution in [1.29, 1.82) is 0 Å². The molecule has 0 heterocycles. The van der Waals surface area contributed by atoms with Crippen molar-refractivity contribution in [2.45, 2.75) is 0 Å². The van der Waals surface area contributed by atoms with Crippen molar-refractivity contribution in [2.75, 3.05) is 11.0 Å². The third-order valence-corrected chi connectivity index (χ3v) is 2.36. The van der Waals surface area contributed by atoms with E-state index in [1.807, 2.05) is 0 Å². The summed E-state index contributed by atoms with van der Waals surface area (Å²) in [4.78, 5) is 0. The van der Waals surface area contributed by atoms with Crippen molar-refractivity contribution in [3.63, 3.8) is 0 Å². The molecular formula is C7H6Cl2NO2S. The quantitative estimate of drug-likeness (QED) is 0.859. The molecule has 71 valence electrons. The number of nitrogens with one attached hydrogen (secondary N) is 1. The van der Waals surface area contributed by atoms with Crippen LogP contribution >= 0.6 is 23.2 Å². The van der Waals surface area contributed by atoms with Crippen LogP contribution in [0, 0.1) is 6.07 Å². The summed E-state index contributed by atoms with van der Waals surface area (Å²) >= 11 is 11.4. The van der Waals surface area contributed by atoms with E-state index in [2.05, 4.69) is 10.8 Å². The third-order valence-electron chi connectivity index (χ3n) is 1.19. The highest BCUT2D eigenvalue weighted by atomic mass is 35.5. The summed E-state index contributed by atoms with van der Waals surface area (Å²) in [5.41, 5.74) is 0.185. The first-order chi connectivity index (χ1) is 5.90. The molecule has 1 aromatic rings. The van der Waals surface area contributed by atoms with Gasteiger partial charge in [-0.2, -0.15) is 0 Å². The van der Waals surface area contributed by atoms with E-state index in [0.29, 0.717) is 0 Å². The Bertz CT molecular complexity index is 396. The second kappa shape index (κ2) is 3.74. The largest absolute Gasteiger partial charge is 0.281 e. The summed E-state index contributed by atoms with van der Waals surface area (Å²) in [6.45, 7) is 0. The summed E-state index contributed by atoms with van der Waals surface area (Å²) in [5.74, 6) is 0. The van der Waals surface area contributed by atoms with Crippen LogP contribution < -0.4 is 4.72 Å². The standard InChI is InChI=1S/C7H6Cl2NO2S/c1-13(11,12)10-7-5(8)3-2-4-6(7)9/h3-4,10H,1H3. The lowest BCUT2D eigenvalue weighted by Crippen LogP contribution is -2.10. The normalized spacial score (nSPS) is 11.3. The van der Waals surface area contributed by atoms with Gasteiger partial charge in [0.2, 0.25) is 10.0 Å². The zero-order chi connectivity index (χ0) is 10.1. The second-order valence-electron chi connectivity index (χ2n) is 2.40. The van der Waals surface area contributed by atoms with E-state index in [-0.39, 0.29) is 15.7 Å². The minimum absolute atomic E-state index is 0.185. The van der Waals surface area contributed by atoms with Gasteiger partial charge in [0, 0.05) is 0 Å². The average molecular weight is 239 g/mol. The first-order valence-corrected chi connectivity index (χ1v) is 5.88. The lowest BCUT2D eigenvalue weighted by Gasteiger charge is -2.07. The lowest BCUT2D eigenvalue weighted by atomic mass is 10.3. The molecule has 0 bridgehead atoms. The molecule has 0 aliphatic rings. The van der Waals surface area contributed by atoms with Crippen LogP contribution in [0.2, 0.25) is 10.0 Å². The first-order valence-electron chi connectivity index (χ1n) is 3.23. The molecule has 0 saturated carbocycles. The molecule has 6 heteroatoms. The molecule has 0 spiro atoms. The second-order valence-corrected chi connectivity index (χ2v) is 4.96. The van der Waals surface area contributed by atoms with Crippen LogP contribution in [-0.2, 0) is 10.0 Å². The monoisotopic (exact) mass is 238 g/mol. The van der Waals surface area contributed by atoms with Gasteiger partial charge in [-0.1, -0.05) is 23.2 Å². The smallest absolute Gasteiger partial charge is 0.229 e. The van der Waals surface area contributed by atoms with Gasteiger partial charge < -0.3 is 0 Å². The zero-order valence-corrected chi connectivity index (χ0v) is 8.96. The Morgan fingerprint density at radius 2 is 1.77 bits per heavy atom. The number of benzene rings is 1. The van der Waals surface area contributed by atoms with E-state index >= 15 is 0 Å². The van der Waals surface area contributed by atoms with E-state index in [0.717, 1.165) is 6.26 Å². The Labute approximate surface area is 86.7 Å². The Hall–Kier alpha value is -0.450. The minimum Gasteiger partial charge on any atom is -0.281 e. The van der Waals surface area contributed by atoms with Gasteiger partial charge in [0.1, 0.15) is 0 Å². The molecule has 0 atom stereocenters. The van der Waals surface area contributed by atoms with Crippen molar-refractivity contribution in [1.82, 2.24) is 0 Å². The molecule has 1 rings (SSSR count). The minimum atomic E-state index is -3.35. The Morgan fingerprint density at radius 3 is 2.15 bits per heavy atom. The van der Waals surface area contributed by atoms with Crippen LogP contribution in [0.25, 0.3) is 0 Å². The molecule has 0 amide bonds. The summed E-state index contributed by atoms with van der Waals surface area (Å²) in [7, 11) is -3.35. The highest BCUT2D eigenvalue weighted by Crippen LogP contribution is 2.29. The topological polar surface area (TPSA) is 46.2 Å². The van der Waals surface area contributed by atoms with Crippen molar-refractivity contribution < 1.29 is 8.42 Å². The summed E-state index contributed by atoms with van der Waals surface area (Å²) in [6.07, 6.45) is 1.02. The Morgan fingerprint density at radius 1 is 1.31 bits per heavy atom. The molecule has 0 fully saturated rings. The maximum Gasteiger partial charge on any atom is 0.229 e. The highest BCUT2D eigenvalue weighted by Gasteiger charge is 2.09. The van der Waals surface area contributed by atoms with Gasteiger partial charge in [0.05, 0.1) is 22.0 Å². The first kappa shape index (κ1) is 10.6. The van der Waals surface area contributed by atoms with Crippen LogP contribution in [0.1, 0.15) is 0 Å². The summed E-state index contributed by atoms with van der Waals surface area (Å²) in [5, 5.41) is 0.441. The highest BCUT2D eigenvalue weighted by molar-refractivity contribution is 7.92. The number of hydrogen-bond acceptors (Lipinski definition) is 2. The molecule has 0 aliphatic carbocycles. The van der Waals surface area contributed by atoms with Gasteiger partial charge in [-0.05, 0) is 18.2 Å². The summed E-state index contributed by atoms with van der Waals surface area (Å²) < 4.78 is 23.9. The molecule has 1 radical (unpaired) electrons. The van der Waals surface area contributed by atoms with E-state index in [1.165, 1.54) is 12.1 Å². The fourth-order valence-electron chi connectivity index (χ4n) is 0.729. The zero-order valence-electron chi connectivity index (χ0n) is 6.64. The fraction of sp³-hybridized carbons (Fsp3) is 0.143. The van der Waals surface area contributed by atoms with E-state index in [9.17, 15) is 8.42 Å². The van der Waals surface area contributed by atoms with Gasteiger partial charge in [0.15, 0.2) is 0 Å². The predicted molar refractivity (Wildman–Crippen MR) is 53.8 cm³/mol. The molecule has 13 heavy (non-hydrogen) atoms. The van der Waals surface area contributed by atoms with Crippen LogP contribution in [0.4, 0.5) is 5.69 Å². The molecule has 1 aromatic carbocycles. The van der Waals surface area contributed by atoms with E-state index < -0.39 is 10.0 Å². The van der Waals surface area contributed by atoms with Gasteiger partial charge in [0.25, 0.3) is 0 Å². The molecule has 0 aliphatic heterocycles. The van der Waals surface area contributed by atoms with Crippen LogP contribution in [-0.4, -0.2) is 14.7 Å². The summed E-state index contributed by atoms with van der Waals surface area (Å²) in [6, 6.07) is 5.52. The number of sulfonamides is 1. The Kier molecular flexibility index (Phi) is 3.05. The van der Waals surface area contributed by atoms with Crippen LogP contribution in [0.5, 0.6) is 0 Å². The number of hydrogen-bond donors (Lipinski definition) is 1. The SMILES string of the molecule is CS(=O)(=O)Nc1c(Cl)c[c]cc1Cl. The molecule has 1 N–H and O–H groups in total. The van der Waals surface area contributed by atoms with Crippen LogP contribution in [0.3, 0.4) is 0 Å². The molecule has 0 saturated heterocycles. The van der Waals surface area contributed by atoms with Gasteiger partial charge >= 0.3 is 0 Å². The molecule has 3 nitrogen and oxygen atoms in total. The van der Waals surface area contributed by atoms with Crippen LogP contribution in [0.15, 0.2) is 12.1 Å². The van der Waals surface area contributed by atoms with Gasteiger partial charge in [-0.15, -0.1) is 0 Å². The van der Waals surface area contributed by atoms with Gasteiger partial charge in [-0.25, -0.2) is 8.42 Å². The fourth-order valence-corrected chi connectivity index (χ4v) is 1.90. The molecular weight excluding hydrogens is 233 g/mol. The lowest BCUT2D eigenvalue weighted by molar-refractivity contribution is 0.607. The number of halogens is 2. The maximum absolute atomic E-state index is 10.9.